The molecule has 1 saturated carbocycles. The molecule has 3 heteroatoms. The normalized spacial score (nSPS) is 21.7. The van der Waals surface area contributed by atoms with E-state index in [1.807, 2.05) is 0 Å². The van der Waals surface area contributed by atoms with Crippen molar-refractivity contribution >= 4 is 11.0 Å². The molecule has 1 aromatic heterocycles. The molecule has 30 heavy (non-hydrogen) atoms. The van der Waals surface area contributed by atoms with Crippen LogP contribution in [0.15, 0.2) is 30.3 Å². The van der Waals surface area contributed by atoms with Crippen LogP contribution in [0.1, 0.15) is 89.8 Å². The molecule has 0 amide bonds. The highest BCUT2D eigenvalue weighted by atomic mass is 16.5. The van der Waals surface area contributed by atoms with E-state index < -0.39 is 0 Å². The van der Waals surface area contributed by atoms with E-state index in [2.05, 4.69) is 73.5 Å². The van der Waals surface area contributed by atoms with Crippen LogP contribution in [0.4, 0.5) is 0 Å². The lowest BCUT2D eigenvalue weighted by Crippen LogP contribution is -2.38. The standard InChI is InChI=1S/C27H32N2O/c1-26(2)15-16-27(3,4)23-19(26)13-14-21-25(23)30-22-12-8-11-20-24(22)29(21)17-28(20)18-9-6-5-7-10-18/h8,11-14,18H,5-7,9-10,15-16H2,1-4H3. The quantitative estimate of drug-likeness (QED) is 0.257. The molecule has 0 radical (unpaired) electrons. The molecular weight excluding hydrogens is 368 g/mol. The molecule has 0 N–H and O–H groups in total. The lowest BCUT2D eigenvalue weighted by atomic mass is 9.62. The zero-order valence-corrected chi connectivity index (χ0v) is 18.7. The third-order valence-electron chi connectivity index (χ3n) is 7.98. The third kappa shape index (κ3) is 2.47. The fourth-order valence-corrected chi connectivity index (χ4v) is 6.10. The first kappa shape index (κ1) is 18.5. The van der Waals surface area contributed by atoms with Crippen molar-refractivity contribution in [2.24, 2.45) is 0 Å². The Kier molecular flexibility index (Phi) is 3.77. The first-order valence-electron chi connectivity index (χ1n) is 11.7. The number of fused-ring (bicyclic) bond motifs is 4. The van der Waals surface area contributed by atoms with E-state index in [1.165, 1.54) is 67.1 Å². The summed E-state index contributed by atoms with van der Waals surface area (Å²) in [7, 11) is 0. The summed E-state index contributed by atoms with van der Waals surface area (Å²) >= 11 is 0. The molecule has 2 aromatic carbocycles. The average Bonchev–Trinajstić information content (AvgIpc) is 3.13. The fourth-order valence-electron chi connectivity index (χ4n) is 6.10. The number of para-hydroxylation sites is 1. The second kappa shape index (κ2) is 6.12. The predicted molar refractivity (Wildman–Crippen MR) is 120 cm³/mol. The third-order valence-corrected chi connectivity index (χ3v) is 7.98. The fraction of sp³-hybridized carbons (Fsp3) is 0.519. The van der Waals surface area contributed by atoms with E-state index in [0.717, 1.165) is 17.2 Å². The van der Waals surface area contributed by atoms with Crippen LogP contribution < -0.4 is 9.30 Å². The van der Waals surface area contributed by atoms with Gasteiger partial charge in [-0.1, -0.05) is 58.4 Å². The maximum atomic E-state index is 6.72. The zero-order valence-electron chi connectivity index (χ0n) is 18.7. The summed E-state index contributed by atoms with van der Waals surface area (Å²) < 4.78 is 11.4. The number of aromatic nitrogens is 2. The van der Waals surface area contributed by atoms with Crippen LogP contribution in [0.3, 0.4) is 0 Å². The number of benzene rings is 2. The van der Waals surface area contributed by atoms with Crippen molar-refractivity contribution in [1.82, 2.24) is 4.57 Å². The Morgan fingerprint density at radius 2 is 1.73 bits per heavy atom. The van der Waals surface area contributed by atoms with Gasteiger partial charge < -0.3 is 13.9 Å². The summed E-state index contributed by atoms with van der Waals surface area (Å²) in [4.78, 5) is 0. The first-order valence-corrected chi connectivity index (χ1v) is 11.7. The van der Waals surface area contributed by atoms with Gasteiger partial charge >= 0.3 is 0 Å². The van der Waals surface area contributed by atoms with Crippen LogP contribution in [-0.4, -0.2) is 4.57 Å². The van der Waals surface area contributed by atoms with Crippen LogP contribution in [-0.2, 0) is 10.8 Å². The molecular formula is C27H32N2O. The number of imidazole rings is 1. The molecule has 6 rings (SSSR count). The number of rotatable bonds is 1. The van der Waals surface area contributed by atoms with Gasteiger partial charge in [0.25, 0.3) is 0 Å². The van der Waals surface area contributed by atoms with E-state index in [4.69, 9.17) is 4.74 Å². The van der Waals surface area contributed by atoms with Gasteiger partial charge in [0.15, 0.2) is 0 Å². The van der Waals surface area contributed by atoms with Crippen molar-refractivity contribution in [3.63, 3.8) is 0 Å². The highest BCUT2D eigenvalue weighted by Crippen LogP contribution is 2.52. The molecule has 3 aliphatic rings. The average molecular weight is 401 g/mol. The summed E-state index contributed by atoms with van der Waals surface area (Å²) in [5.74, 6) is 2.02. The molecule has 0 bridgehead atoms. The van der Waals surface area contributed by atoms with Crippen LogP contribution in [0.5, 0.6) is 11.5 Å². The van der Waals surface area contributed by atoms with Crippen LogP contribution in [0.25, 0.3) is 16.7 Å². The minimum Gasteiger partial charge on any atom is -0.469 e. The van der Waals surface area contributed by atoms with E-state index >= 15 is 0 Å². The lowest BCUT2D eigenvalue weighted by Gasteiger charge is -2.43. The van der Waals surface area contributed by atoms with Crippen molar-refractivity contribution in [2.75, 3.05) is 0 Å². The molecule has 0 saturated heterocycles. The number of hydrogen-bond acceptors (Lipinski definition) is 1. The Morgan fingerprint density at radius 3 is 2.53 bits per heavy atom. The van der Waals surface area contributed by atoms with E-state index in [0.29, 0.717) is 6.04 Å². The van der Waals surface area contributed by atoms with E-state index in [9.17, 15) is 0 Å². The monoisotopic (exact) mass is 400 g/mol. The Bertz CT molecular complexity index is 1160. The topological polar surface area (TPSA) is 18.0 Å². The molecule has 0 unspecified atom stereocenters. The van der Waals surface area contributed by atoms with Gasteiger partial charge in [-0.3, -0.25) is 0 Å². The molecule has 156 valence electrons. The highest BCUT2D eigenvalue weighted by molar-refractivity contribution is 5.81. The van der Waals surface area contributed by atoms with Gasteiger partial charge in [0, 0.05) is 0 Å². The van der Waals surface area contributed by atoms with Crippen LogP contribution in [0, 0.1) is 6.33 Å². The molecule has 1 fully saturated rings. The molecule has 3 aromatic rings. The summed E-state index contributed by atoms with van der Waals surface area (Å²) in [5, 5.41) is 0. The van der Waals surface area contributed by atoms with Crippen LogP contribution in [0.2, 0.25) is 0 Å². The Labute approximate surface area is 179 Å². The Balaban J connectivity index is 1.62. The second-order valence-corrected chi connectivity index (χ2v) is 10.9. The molecule has 2 aliphatic carbocycles. The van der Waals surface area contributed by atoms with Gasteiger partial charge in [0.1, 0.15) is 11.5 Å². The van der Waals surface area contributed by atoms with Gasteiger partial charge in [-0.05, 0) is 66.5 Å². The van der Waals surface area contributed by atoms with E-state index in [1.54, 1.807) is 0 Å². The SMILES string of the molecule is CC1(C)CCC(C)(C)c2c1ccc1c2Oc2cccc3c2[n+]-1[c-]n3C1CCCCC1. The number of nitrogens with zero attached hydrogens (tertiary/aromatic N) is 2. The van der Waals surface area contributed by atoms with Gasteiger partial charge in [-0.25, -0.2) is 0 Å². The number of hydrogen-bond donors (Lipinski definition) is 0. The van der Waals surface area contributed by atoms with Crippen molar-refractivity contribution in [1.29, 1.82) is 0 Å². The van der Waals surface area contributed by atoms with Crippen molar-refractivity contribution in [3.05, 3.63) is 47.8 Å². The lowest BCUT2D eigenvalue weighted by molar-refractivity contribution is -0.576. The van der Waals surface area contributed by atoms with Gasteiger partial charge in [-0.15, -0.1) is 0 Å². The molecule has 2 heterocycles. The summed E-state index contributed by atoms with van der Waals surface area (Å²) in [5.41, 5.74) is 6.70. The molecule has 0 spiro atoms. The largest absolute Gasteiger partial charge is 0.469 e. The number of ether oxygens (including phenoxy) is 1. The van der Waals surface area contributed by atoms with Crippen molar-refractivity contribution in [2.45, 2.75) is 89.5 Å². The minimum absolute atomic E-state index is 0.105. The Hall–Kier alpha value is -2.29. The Morgan fingerprint density at radius 1 is 0.967 bits per heavy atom. The van der Waals surface area contributed by atoms with E-state index in [-0.39, 0.29) is 10.8 Å². The summed E-state index contributed by atoms with van der Waals surface area (Å²) in [6.07, 6.45) is 12.7. The van der Waals surface area contributed by atoms with Gasteiger partial charge in [0.05, 0.1) is 22.8 Å². The van der Waals surface area contributed by atoms with Crippen molar-refractivity contribution < 1.29 is 9.30 Å². The smallest absolute Gasteiger partial charge is 0.244 e. The second-order valence-electron chi connectivity index (χ2n) is 10.9. The first-order chi connectivity index (χ1) is 14.4. The molecule has 0 atom stereocenters. The maximum Gasteiger partial charge on any atom is 0.244 e. The minimum atomic E-state index is 0.105. The van der Waals surface area contributed by atoms with Crippen LogP contribution >= 0.6 is 0 Å². The van der Waals surface area contributed by atoms with Gasteiger partial charge in [0.2, 0.25) is 6.33 Å². The zero-order chi connectivity index (χ0) is 20.7. The van der Waals surface area contributed by atoms with Gasteiger partial charge in [-0.2, -0.15) is 0 Å². The highest BCUT2D eigenvalue weighted by Gasteiger charge is 2.41. The summed E-state index contributed by atoms with van der Waals surface area (Å²) in [6, 6.07) is 11.7. The summed E-state index contributed by atoms with van der Waals surface area (Å²) in [6.45, 7) is 9.51. The molecule has 3 nitrogen and oxygen atoms in total. The predicted octanol–water partition coefficient (Wildman–Crippen LogP) is 6.68. The van der Waals surface area contributed by atoms with Crippen molar-refractivity contribution in [3.8, 4) is 17.2 Å². The molecule has 1 aliphatic heterocycles. The maximum absolute atomic E-state index is 6.72.